The van der Waals surface area contributed by atoms with E-state index in [0.717, 1.165) is 13.0 Å². The number of thiophene rings is 1. The Hall–Kier alpha value is -3.03. The Morgan fingerprint density at radius 2 is 1.77 bits per heavy atom. The molecule has 0 aliphatic carbocycles. The molecule has 0 bridgehead atoms. The van der Waals surface area contributed by atoms with E-state index in [1.165, 1.54) is 16.0 Å². The maximum absolute atomic E-state index is 13.0. The lowest BCUT2D eigenvalue weighted by Gasteiger charge is -2.35. The highest BCUT2D eigenvalue weighted by molar-refractivity contribution is 7.10. The van der Waals surface area contributed by atoms with Gasteiger partial charge >= 0.3 is 0 Å². The van der Waals surface area contributed by atoms with Crippen LogP contribution in [-0.4, -0.2) is 45.2 Å². The van der Waals surface area contributed by atoms with E-state index >= 15 is 0 Å². The van der Waals surface area contributed by atoms with Gasteiger partial charge in [-0.1, -0.05) is 30.3 Å². The summed E-state index contributed by atoms with van der Waals surface area (Å²) in [6, 6.07) is 16.1. The van der Waals surface area contributed by atoms with E-state index in [4.69, 9.17) is 14.2 Å². The van der Waals surface area contributed by atoms with Crippen LogP contribution in [0.15, 0.2) is 53.9 Å². The zero-order valence-corrected chi connectivity index (χ0v) is 18.7. The molecule has 3 aromatic rings. The quantitative estimate of drug-likeness (QED) is 0.594. The van der Waals surface area contributed by atoms with Crippen molar-refractivity contribution in [3.05, 3.63) is 69.9 Å². The van der Waals surface area contributed by atoms with E-state index in [1.807, 2.05) is 18.2 Å². The van der Waals surface area contributed by atoms with Gasteiger partial charge in [-0.05, 0) is 29.0 Å². The first-order chi connectivity index (χ1) is 15.1. The van der Waals surface area contributed by atoms with Crippen molar-refractivity contribution in [2.75, 3.05) is 39.7 Å². The Kier molecular flexibility index (Phi) is 6.44. The number of carbonyl (C=O) groups is 1. The largest absolute Gasteiger partial charge is 0.493 e. The number of methoxy groups -OCH3 is 3. The number of anilines is 1. The molecule has 0 saturated carbocycles. The number of hydrogen-bond donors (Lipinski definition) is 1. The van der Waals surface area contributed by atoms with E-state index in [-0.39, 0.29) is 18.5 Å². The van der Waals surface area contributed by atoms with Gasteiger partial charge in [-0.15, -0.1) is 11.3 Å². The second kappa shape index (κ2) is 9.41. The van der Waals surface area contributed by atoms with Crippen LogP contribution in [0.3, 0.4) is 0 Å². The Bertz CT molecular complexity index is 1030. The van der Waals surface area contributed by atoms with Crippen LogP contribution in [0.25, 0.3) is 0 Å². The van der Waals surface area contributed by atoms with E-state index in [2.05, 4.69) is 33.8 Å². The number of nitrogens with zero attached hydrogens (tertiary/aromatic N) is 1. The standard InChI is InChI=1S/C24H26N2O4S/c1-28-19-13-17(14-20(29-2)24(19)30-3)25-22(27)15-26-11-9-21-18(10-12-31-21)23(26)16-7-5-4-6-8-16/h4-8,10,12-14,23H,9,11,15H2,1-3H3,(H,25,27). The van der Waals surface area contributed by atoms with Crippen molar-refractivity contribution in [2.45, 2.75) is 12.5 Å². The lowest BCUT2D eigenvalue weighted by Crippen LogP contribution is -2.40. The Morgan fingerprint density at radius 3 is 2.42 bits per heavy atom. The van der Waals surface area contributed by atoms with E-state index in [1.54, 1.807) is 44.8 Å². The molecule has 2 aromatic carbocycles. The molecule has 1 atom stereocenters. The molecule has 1 amide bonds. The van der Waals surface area contributed by atoms with Gasteiger partial charge in [0.2, 0.25) is 11.7 Å². The molecule has 6 nitrogen and oxygen atoms in total. The summed E-state index contributed by atoms with van der Waals surface area (Å²) in [6.45, 7) is 1.11. The normalized spacial score (nSPS) is 15.8. The van der Waals surface area contributed by atoms with E-state index < -0.39 is 0 Å². The molecule has 162 valence electrons. The SMILES string of the molecule is COc1cc(NC(=O)CN2CCc3sccc3C2c2ccccc2)cc(OC)c1OC. The topological polar surface area (TPSA) is 60.0 Å². The number of carbonyl (C=O) groups excluding carboxylic acids is 1. The molecule has 4 rings (SSSR count). The van der Waals surface area contributed by atoms with Gasteiger partial charge in [0.25, 0.3) is 0 Å². The highest BCUT2D eigenvalue weighted by atomic mass is 32.1. The molecule has 0 spiro atoms. The zero-order valence-electron chi connectivity index (χ0n) is 17.9. The summed E-state index contributed by atoms with van der Waals surface area (Å²) in [5, 5.41) is 5.13. The fourth-order valence-electron chi connectivity index (χ4n) is 4.10. The first kappa shape index (κ1) is 21.2. The Morgan fingerprint density at radius 1 is 1.06 bits per heavy atom. The lowest BCUT2D eigenvalue weighted by atomic mass is 9.93. The number of benzene rings is 2. The van der Waals surface area contributed by atoms with Crippen molar-refractivity contribution in [1.82, 2.24) is 4.90 Å². The summed E-state index contributed by atoms with van der Waals surface area (Å²) in [6.07, 6.45) is 0.952. The van der Waals surface area contributed by atoms with Gasteiger partial charge in [0, 0.05) is 29.2 Å². The molecule has 1 aliphatic heterocycles. The number of nitrogens with one attached hydrogen (secondary N) is 1. The molecule has 31 heavy (non-hydrogen) atoms. The van der Waals surface area contributed by atoms with Crippen LogP contribution in [-0.2, 0) is 11.2 Å². The van der Waals surface area contributed by atoms with Gasteiger partial charge < -0.3 is 19.5 Å². The van der Waals surface area contributed by atoms with Gasteiger partial charge in [0.15, 0.2) is 11.5 Å². The minimum Gasteiger partial charge on any atom is -0.493 e. The van der Waals surface area contributed by atoms with Crippen molar-refractivity contribution in [1.29, 1.82) is 0 Å². The second-order valence-electron chi connectivity index (χ2n) is 7.30. The first-order valence-corrected chi connectivity index (χ1v) is 11.0. The third-order valence-electron chi connectivity index (χ3n) is 5.48. The van der Waals surface area contributed by atoms with Crippen LogP contribution in [0.5, 0.6) is 17.2 Å². The van der Waals surface area contributed by atoms with Crippen molar-refractivity contribution >= 4 is 22.9 Å². The molecule has 0 fully saturated rings. The van der Waals surface area contributed by atoms with Gasteiger partial charge in [0.1, 0.15) is 0 Å². The van der Waals surface area contributed by atoms with Crippen molar-refractivity contribution in [3.63, 3.8) is 0 Å². The maximum atomic E-state index is 13.0. The Labute approximate surface area is 186 Å². The molecule has 7 heteroatoms. The molecule has 1 aliphatic rings. The monoisotopic (exact) mass is 438 g/mol. The highest BCUT2D eigenvalue weighted by Crippen LogP contribution is 2.40. The van der Waals surface area contributed by atoms with Crippen molar-refractivity contribution in [2.24, 2.45) is 0 Å². The fraction of sp³-hybridized carbons (Fsp3) is 0.292. The van der Waals surface area contributed by atoms with Crippen molar-refractivity contribution in [3.8, 4) is 17.2 Å². The maximum Gasteiger partial charge on any atom is 0.238 e. The molecule has 1 aromatic heterocycles. The number of rotatable bonds is 7. The molecule has 0 radical (unpaired) electrons. The van der Waals surface area contributed by atoms with Crippen LogP contribution in [0.2, 0.25) is 0 Å². The van der Waals surface area contributed by atoms with Crippen LogP contribution in [0.1, 0.15) is 22.0 Å². The lowest BCUT2D eigenvalue weighted by molar-refractivity contribution is -0.117. The number of hydrogen-bond acceptors (Lipinski definition) is 6. The highest BCUT2D eigenvalue weighted by Gasteiger charge is 2.30. The summed E-state index contributed by atoms with van der Waals surface area (Å²) in [4.78, 5) is 16.6. The third-order valence-corrected chi connectivity index (χ3v) is 6.47. The average molecular weight is 439 g/mol. The number of ether oxygens (including phenoxy) is 3. The minimum atomic E-state index is -0.0890. The molecular weight excluding hydrogens is 412 g/mol. The summed E-state index contributed by atoms with van der Waals surface area (Å²) in [5.41, 5.74) is 3.09. The van der Waals surface area contributed by atoms with Gasteiger partial charge in [-0.3, -0.25) is 9.69 Å². The second-order valence-corrected chi connectivity index (χ2v) is 8.30. The molecular formula is C24H26N2O4S. The van der Waals surface area contributed by atoms with Crippen LogP contribution in [0.4, 0.5) is 5.69 Å². The summed E-state index contributed by atoms with van der Waals surface area (Å²) in [5.74, 6) is 1.41. The smallest absolute Gasteiger partial charge is 0.238 e. The third kappa shape index (κ3) is 4.38. The molecule has 1 unspecified atom stereocenters. The molecule has 1 N–H and O–H groups in total. The van der Waals surface area contributed by atoms with E-state index in [0.29, 0.717) is 22.9 Å². The minimum absolute atomic E-state index is 0.0712. The van der Waals surface area contributed by atoms with Crippen molar-refractivity contribution < 1.29 is 19.0 Å². The van der Waals surface area contributed by atoms with E-state index in [9.17, 15) is 4.79 Å². The van der Waals surface area contributed by atoms with Crippen LogP contribution in [0, 0.1) is 0 Å². The molecule has 0 saturated heterocycles. The summed E-state index contributed by atoms with van der Waals surface area (Å²) < 4.78 is 16.1. The first-order valence-electron chi connectivity index (χ1n) is 10.1. The number of fused-ring (bicyclic) bond motifs is 1. The molecule has 2 heterocycles. The number of amides is 1. The zero-order chi connectivity index (χ0) is 21.8. The predicted octanol–water partition coefficient (Wildman–Crippen LogP) is 4.36. The average Bonchev–Trinajstić information content (AvgIpc) is 3.27. The van der Waals surface area contributed by atoms with Gasteiger partial charge in [-0.2, -0.15) is 0 Å². The van der Waals surface area contributed by atoms with Gasteiger partial charge in [0.05, 0.1) is 33.9 Å². The summed E-state index contributed by atoms with van der Waals surface area (Å²) in [7, 11) is 4.66. The predicted molar refractivity (Wildman–Crippen MR) is 123 cm³/mol. The van der Waals surface area contributed by atoms with Crippen LogP contribution < -0.4 is 19.5 Å². The Balaban J connectivity index is 1.55. The van der Waals surface area contributed by atoms with Gasteiger partial charge in [-0.25, -0.2) is 0 Å². The summed E-state index contributed by atoms with van der Waals surface area (Å²) >= 11 is 1.79. The van der Waals surface area contributed by atoms with Crippen LogP contribution >= 0.6 is 11.3 Å². The fourth-order valence-corrected chi connectivity index (χ4v) is 5.01.